The number of ketones is 1. The van der Waals surface area contributed by atoms with Crippen molar-refractivity contribution in [1.82, 2.24) is 20.2 Å². The molecule has 7 nitrogen and oxygen atoms in total. The maximum Gasteiger partial charge on any atom is 0.214 e. The molecule has 0 unspecified atom stereocenters. The van der Waals surface area contributed by atoms with Crippen LogP contribution in [0.25, 0.3) is 5.69 Å². The van der Waals surface area contributed by atoms with Gasteiger partial charge in [-0.3, -0.25) is 4.79 Å². The Morgan fingerprint density at radius 3 is 2.54 bits per heavy atom. The van der Waals surface area contributed by atoms with Gasteiger partial charge in [-0.25, -0.2) is 0 Å². The fourth-order valence-corrected chi connectivity index (χ4v) is 3.28. The van der Waals surface area contributed by atoms with Gasteiger partial charge in [0.2, 0.25) is 5.16 Å². The fourth-order valence-electron chi connectivity index (χ4n) is 2.41. The number of tetrazole rings is 1. The van der Waals surface area contributed by atoms with Crippen molar-refractivity contribution in [3.63, 3.8) is 0 Å². The molecule has 0 bridgehead atoms. The lowest BCUT2D eigenvalue weighted by molar-refractivity contribution is 0.101. The number of nitrogens with zero attached hydrogens (tertiary/aromatic N) is 4. The third kappa shape index (κ3) is 3.85. The van der Waals surface area contributed by atoms with Gasteiger partial charge in [0.15, 0.2) is 5.78 Å². The largest absolute Gasteiger partial charge is 0.497 e. The number of benzene rings is 2. The molecule has 0 spiro atoms. The van der Waals surface area contributed by atoms with Crippen LogP contribution in [0.15, 0.2) is 47.6 Å². The summed E-state index contributed by atoms with van der Waals surface area (Å²) < 4.78 is 12.2. The van der Waals surface area contributed by atoms with E-state index in [1.165, 1.54) is 11.8 Å². The third-order valence-corrected chi connectivity index (χ3v) is 4.77. The number of hydrogen-bond acceptors (Lipinski definition) is 7. The maximum atomic E-state index is 11.6. The molecule has 0 N–H and O–H groups in total. The summed E-state index contributed by atoms with van der Waals surface area (Å²) in [6.07, 6.45) is 0. The molecule has 0 atom stereocenters. The van der Waals surface area contributed by atoms with Gasteiger partial charge in [-0.15, -0.1) is 5.10 Å². The van der Waals surface area contributed by atoms with Gasteiger partial charge in [0.25, 0.3) is 0 Å². The van der Waals surface area contributed by atoms with Crippen molar-refractivity contribution >= 4 is 17.5 Å². The van der Waals surface area contributed by atoms with E-state index in [1.54, 1.807) is 38.0 Å². The first kappa shape index (κ1) is 17.9. The Hall–Kier alpha value is -2.87. The van der Waals surface area contributed by atoms with Crippen molar-refractivity contribution in [2.75, 3.05) is 14.2 Å². The van der Waals surface area contributed by atoms with Gasteiger partial charge in [0.05, 0.1) is 19.9 Å². The van der Waals surface area contributed by atoms with Crippen LogP contribution < -0.4 is 9.47 Å². The van der Waals surface area contributed by atoms with Crippen LogP contribution in [0.3, 0.4) is 0 Å². The molecule has 26 heavy (non-hydrogen) atoms. The monoisotopic (exact) mass is 370 g/mol. The van der Waals surface area contributed by atoms with E-state index in [4.69, 9.17) is 9.47 Å². The second-order valence-corrected chi connectivity index (χ2v) is 6.39. The average Bonchev–Trinajstić information content (AvgIpc) is 3.14. The molecule has 1 heterocycles. The molecule has 0 fully saturated rings. The Labute approximate surface area is 155 Å². The third-order valence-electron chi connectivity index (χ3n) is 3.80. The second kappa shape index (κ2) is 8.01. The predicted molar refractivity (Wildman–Crippen MR) is 98.3 cm³/mol. The fraction of sp³-hybridized carbons (Fsp3) is 0.222. The molecule has 0 amide bonds. The first-order valence-corrected chi connectivity index (χ1v) is 8.84. The molecule has 0 saturated heterocycles. The van der Waals surface area contributed by atoms with Crippen molar-refractivity contribution in [3.8, 4) is 17.2 Å². The molecule has 3 rings (SSSR count). The Kier molecular flexibility index (Phi) is 5.52. The Balaban J connectivity index is 1.82. The summed E-state index contributed by atoms with van der Waals surface area (Å²) in [6.45, 7) is 1.54. The molecule has 134 valence electrons. The smallest absolute Gasteiger partial charge is 0.214 e. The SMILES string of the molecule is COc1ccc(-n2nnnc2SCc2cc(C(C)=O)ccc2OC)cc1. The van der Waals surface area contributed by atoms with Crippen LogP contribution in [0.4, 0.5) is 0 Å². The molecule has 2 aromatic carbocycles. The summed E-state index contributed by atoms with van der Waals surface area (Å²) in [5.74, 6) is 2.08. The number of Topliss-reactive ketones (excluding diaryl/α,β-unsaturated/α-hetero) is 1. The number of aromatic nitrogens is 4. The van der Waals surface area contributed by atoms with Crippen LogP contribution in [0.1, 0.15) is 22.8 Å². The number of hydrogen-bond donors (Lipinski definition) is 0. The van der Waals surface area contributed by atoms with Crippen molar-refractivity contribution in [1.29, 1.82) is 0 Å². The molecule has 0 aliphatic carbocycles. The summed E-state index contributed by atoms with van der Waals surface area (Å²) in [5.41, 5.74) is 2.40. The number of rotatable bonds is 7. The Morgan fingerprint density at radius 1 is 1.12 bits per heavy atom. The molecule has 0 radical (unpaired) electrons. The second-order valence-electron chi connectivity index (χ2n) is 5.44. The lowest BCUT2D eigenvalue weighted by Gasteiger charge is -2.10. The summed E-state index contributed by atoms with van der Waals surface area (Å²) in [6, 6.07) is 12.9. The molecule has 0 aliphatic heterocycles. The highest BCUT2D eigenvalue weighted by molar-refractivity contribution is 7.98. The van der Waals surface area contributed by atoms with Gasteiger partial charge in [-0.1, -0.05) is 11.8 Å². The lowest BCUT2D eigenvalue weighted by Crippen LogP contribution is -2.00. The number of ether oxygens (including phenoxy) is 2. The summed E-state index contributed by atoms with van der Waals surface area (Å²) in [4.78, 5) is 11.6. The molecule has 1 aromatic heterocycles. The van der Waals surface area contributed by atoms with E-state index >= 15 is 0 Å². The molecular formula is C18H18N4O3S. The van der Waals surface area contributed by atoms with Gasteiger partial charge in [0.1, 0.15) is 11.5 Å². The standard InChI is InChI=1S/C18H18N4O3S/c1-12(23)13-4-9-17(25-3)14(10-13)11-26-18-19-20-21-22(18)15-5-7-16(24-2)8-6-15/h4-10H,11H2,1-3H3. The van der Waals surface area contributed by atoms with Crippen molar-refractivity contribution in [2.24, 2.45) is 0 Å². The maximum absolute atomic E-state index is 11.6. The van der Waals surface area contributed by atoms with Crippen molar-refractivity contribution in [3.05, 3.63) is 53.6 Å². The van der Waals surface area contributed by atoms with E-state index in [-0.39, 0.29) is 5.78 Å². The van der Waals surface area contributed by atoms with Gasteiger partial charge < -0.3 is 9.47 Å². The summed E-state index contributed by atoms with van der Waals surface area (Å²) in [5, 5.41) is 12.6. The van der Waals surface area contributed by atoms with Gasteiger partial charge in [-0.05, 0) is 59.8 Å². The highest BCUT2D eigenvalue weighted by Crippen LogP contribution is 2.29. The molecule has 3 aromatic rings. The van der Waals surface area contributed by atoms with E-state index in [9.17, 15) is 4.79 Å². The summed E-state index contributed by atoms with van der Waals surface area (Å²) in [7, 11) is 3.23. The van der Waals surface area contributed by atoms with E-state index < -0.39 is 0 Å². The zero-order valence-electron chi connectivity index (χ0n) is 14.7. The average molecular weight is 370 g/mol. The van der Waals surface area contributed by atoms with Crippen LogP contribution >= 0.6 is 11.8 Å². The van der Waals surface area contributed by atoms with Gasteiger partial charge in [-0.2, -0.15) is 4.68 Å². The van der Waals surface area contributed by atoms with Gasteiger partial charge in [0, 0.05) is 16.9 Å². The first-order chi connectivity index (χ1) is 12.6. The van der Waals surface area contributed by atoms with Crippen LogP contribution in [0.2, 0.25) is 0 Å². The minimum atomic E-state index is 0.0157. The molecular weight excluding hydrogens is 352 g/mol. The van der Waals surface area contributed by atoms with Crippen molar-refractivity contribution < 1.29 is 14.3 Å². The predicted octanol–water partition coefficient (Wildman–Crippen LogP) is 3.17. The highest BCUT2D eigenvalue weighted by Gasteiger charge is 2.13. The lowest BCUT2D eigenvalue weighted by atomic mass is 10.1. The number of methoxy groups -OCH3 is 2. The van der Waals surface area contributed by atoms with Gasteiger partial charge >= 0.3 is 0 Å². The first-order valence-electron chi connectivity index (χ1n) is 7.86. The van der Waals surface area contributed by atoms with Crippen LogP contribution in [0.5, 0.6) is 11.5 Å². The highest BCUT2D eigenvalue weighted by atomic mass is 32.2. The zero-order valence-corrected chi connectivity index (χ0v) is 15.5. The minimum absolute atomic E-state index is 0.0157. The number of carbonyl (C=O) groups is 1. The number of thioether (sulfide) groups is 1. The molecule has 0 saturated carbocycles. The van der Waals surface area contributed by atoms with E-state index in [0.717, 1.165) is 22.7 Å². The van der Waals surface area contributed by atoms with Crippen LogP contribution in [-0.4, -0.2) is 40.2 Å². The summed E-state index contributed by atoms with van der Waals surface area (Å²) >= 11 is 1.47. The van der Waals surface area contributed by atoms with E-state index in [2.05, 4.69) is 15.5 Å². The van der Waals surface area contributed by atoms with E-state index in [0.29, 0.717) is 16.5 Å². The van der Waals surface area contributed by atoms with Crippen LogP contribution in [0, 0.1) is 0 Å². The normalized spacial score (nSPS) is 10.6. The topological polar surface area (TPSA) is 79.1 Å². The zero-order chi connectivity index (χ0) is 18.5. The van der Waals surface area contributed by atoms with Crippen LogP contribution in [-0.2, 0) is 5.75 Å². The Morgan fingerprint density at radius 2 is 1.88 bits per heavy atom. The number of carbonyl (C=O) groups excluding carboxylic acids is 1. The molecule has 0 aliphatic rings. The Bertz CT molecular complexity index is 909. The quantitative estimate of drug-likeness (QED) is 0.467. The molecule has 8 heteroatoms. The minimum Gasteiger partial charge on any atom is -0.497 e. The van der Waals surface area contributed by atoms with Crippen molar-refractivity contribution in [2.45, 2.75) is 17.8 Å². The van der Waals surface area contributed by atoms with E-state index in [1.807, 2.05) is 30.3 Å².